The van der Waals surface area contributed by atoms with Crippen LogP contribution in [0.2, 0.25) is 0 Å². The van der Waals surface area contributed by atoms with Crippen molar-refractivity contribution >= 4 is 5.82 Å². The lowest BCUT2D eigenvalue weighted by molar-refractivity contribution is 0.383. The highest BCUT2D eigenvalue weighted by Crippen LogP contribution is 2.24. The van der Waals surface area contributed by atoms with Gasteiger partial charge in [-0.25, -0.2) is 0 Å². The van der Waals surface area contributed by atoms with Crippen LogP contribution in [0.25, 0.3) is 0 Å². The predicted molar refractivity (Wildman–Crippen MR) is 72.6 cm³/mol. The van der Waals surface area contributed by atoms with E-state index in [-0.39, 0.29) is 0 Å². The quantitative estimate of drug-likeness (QED) is 0.895. The molecule has 0 atom stereocenters. The average Bonchev–Trinajstić information content (AvgIpc) is 2.76. The third-order valence-corrected chi connectivity index (χ3v) is 3.11. The summed E-state index contributed by atoms with van der Waals surface area (Å²) in [6.45, 7) is 1.91. The van der Waals surface area contributed by atoms with Crippen LogP contribution in [0.4, 0.5) is 5.82 Å². The van der Waals surface area contributed by atoms with Crippen LogP contribution in [0.15, 0.2) is 22.7 Å². The smallest absolute Gasteiger partial charge is 0.169 e. The standard InChI is InChI=1S/C14H18N2O3/c1-9-13(19-16-14(9)15)5-4-10-6-11(17-2)8-12(7-10)18-3/h6-8H,4-5H2,1-3H3,(H2,15,16). The molecule has 102 valence electrons. The number of nitrogen functional groups attached to an aromatic ring is 1. The summed E-state index contributed by atoms with van der Waals surface area (Å²) in [4.78, 5) is 0. The molecule has 1 aromatic heterocycles. The monoisotopic (exact) mass is 262 g/mol. The van der Waals surface area contributed by atoms with Crippen molar-refractivity contribution in [1.82, 2.24) is 5.16 Å². The zero-order chi connectivity index (χ0) is 13.8. The van der Waals surface area contributed by atoms with E-state index >= 15 is 0 Å². The lowest BCUT2D eigenvalue weighted by Crippen LogP contribution is -1.95. The number of benzene rings is 1. The molecule has 0 fully saturated rings. The molecule has 0 bridgehead atoms. The highest BCUT2D eigenvalue weighted by atomic mass is 16.5. The molecule has 2 N–H and O–H groups in total. The van der Waals surface area contributed by atoms with Crippen LogP contribution in [0.1, 0.15) is 16.9 Å². The summed E-state index contributed by atoms with van der Waals surface area (Å²) in [7, 11) is 3.28. The van der Waals surface area contributed by atoms with Gasteiger partial charge in [0.2, 0.25) is 0 Å². The molecule has 0 spiro atoms. The van der Waals surface area contributed by atoms with Crippen molar-refractivity contribution in [3.63, 3.8) is 0 Å². The van der Waals surface area contributed by atoms with Gasteiger partial charge in [0.1, 0.15) is 17.3 Å². The highest BCUT2D eigenvalue weighted by Gasteiger charge is 2.10. The topological polar surface area (TPSA) is 70.5 Å². The first-order valence-electron chi connectivity index (χ1n) is 6.06. The molecule has 2 aromatic rings. The van der Waals surface area contributed by atoms with Crippen molar-refractivity contribution in [1.29, 1.82) is 0 Å². The minimum absolute atomic E-state index is 0.457. The summed E-state index contributed by atoms with van der Waals surface area (Å²) in [5.74, 6) is 2.84. The SMILES string of the molecule is COc1cc(CCc2onc(N)c2C)cc(OC)c1. The Morgan fingerprint density at radius 1 is 1.11 bits per heavy atom. The van der Waals surface area contributed by atoms with Crippen molar-refractivity contribution in [3.05, 3.63) is 35.1 Å². The van der Waals surface area contributed by atoms with Gasteiger partial charge >= 0.3 is 0 Å². The zero-order valence-electron chi connectivity index (χ0n) is 11.4. The van der Waals surface area contributed by atoms with Crippen LogP contribution in [0, 0.1) is 6.92 Å². The van der Waals surface area contributed by atoms with Crippen molar-refractivity contribution in [2.75, 3.05) is 20.0 Å². The summed E-state index contributed by atoms with van der Waals surface area (Å²) >= 11 is 0. The molecule has 0 aliphatic carbocycles. The first kappa shape index (κ1) is 13.3. The third kappa shape index (κ3) is 2.99. The van der Waals surface area contributed by atoms with Gasteiger partial charge in [-0.3, -0.25) is 0 Å². The lowest BCUT2D eigenvalue weighted by Gasteiger charge is -2.07. The first-order valence-corrected chi connectivity index (χ1v) is 6.06. The Kier molecular flexibility index (Phi) is 3.94. The van der Waals surface area contributed by atoms with Crippen LogP contribution < -0.4 is 15.2 Å². The predicted octanol–water partition coefficient (Wildman–Crippen LogP) is 2.37. The second-order valence-corrected chi connectivity index (χ2v) is 4.34. The molecule has 0 aliphatic rings. The second-order valence-electron chi connectivity index (χ2n) is 4.34. The van der Waals surface area contributed by atoms with Gasteiger partial charge in [-0.1, -0.05) is 5.16 Å². The number of nitrogens with two attached hydrogens (primary N) is 1. The number of nitrogens with zero attached hydrogens (tertiary/aromatic N) is 1. The maximum absolute atomic E-state index is 5.66. The number of aryl methyl sites for hydroxylation is 2. The van der Waals surface area contributed by atoms with Crippen molar-refractivity contribution < 1.29 is 14.0 Å². The highest BCUT2D eigenvalue weighted by molar-refractivity contribution is 5.41. The molecule has 5 nitrogen and oxygen atoms in total. The molecule has 2 rings (SSSR count). The zero-order valence-corrected chi connectivity index (χ0v) is 11.4. The van der Waals surface area contributed by atoms with E-state index in [0.717, 1.165) is 41.2 Å². The van der Waals surface area contributed by atoms with Crippen molar-refractivity contribution in [2.45, 2.75) is 19.8 Å². The van der Waals surface area contributed by atoms with E-state index in [0.29, 0.717) is 5.82 Å². The van der Waals surface area contributed by atoms with Gasteiger partial charge in [0.05, 0.1) is 14.2 Å². The van der Waals surface area contributed by atoms with E-state index in [2.05, 4.69) is 5.16 Å². The molecule has 0 aliphatic heterocycles. The number of hydrogen-bond donors (Lipinski definition) is 1. The number of anilines is 1. The van der Waals surface area contributed by atoms with E-state index in [1.807, 2.05) is 25.1 Å². The molecule has 0 unspecified atom stereocenters. The fourth-order valence-electron chi connectivity index (χ4n) is 1.89. The maximum atomic E-state index is 5.66. The lowest BCUT2D eigenvalue weighted by atomic mass is 10.1. The average molecular weight is 262 g/mol. The number of aromatic nitrogens is 1. The molecule has 0 amide bonds. The van der Waals surface area contributed by atoms with Crippen LogP contribution in [-0.4, -0.2) is 19.4 Å². The minimum Gasteiger partial charge on any atom is -0.497 e. The molecule has 19 heavy (non-hydrogen) atoms. The van der Waals surface area contributed by atoms with Crippen LogP contribution in [0.5, 0.6) is 11.5 Å². The Labute approximate surface area is 112 Å². The Balaban J connectivity index is 2.12. The molecular formula is C14H18N2O3. The summed E-state index contributed by atoms with van der Waals surface area (Å²) in [6, 6.07) is 5.82. The molecular weight excluding hydrogens is 244 g/mol. The van der Waals surface area contributed by atoms with E-state index < -0.39 is 0 Å². The van der Waals surface area contributed by atoms with Crippen LogP contribution >= 0.6 is 0 Å². The van der Waals surface area contributed by atoms with Gasteiger partial charge in [0.15, 0.2) is 5.82 Å². The number of ether oxygens (including phenoxy) is 2. The Morgan fingerprint density at radius 2 is 1.74 bits per heavy atom. The van der Waals surface area contributed by atoms with Crippen molar-refractivity contribution in [2.24, 2.45) is 0 Å². The van der Waals surface area contributed by atoms with Crippen LogP contribution in [-0.2, 0) is 12.8 Å². The maximum Gasteiger partial charge on any atom is 0.169 e. The van der Waals surface area contributed by atoms with Crippen molar-refractivity contribution in [3.8, 4) is 11.5 Å². The largest absolute Gasteiger partial charge is 0.497 e. The summed E-state index contributed by atoms with van der Waals surface area (Å²) < 4.78 is 15.7. The molecule has 1 aromatic carbocycles. The van der Waals surface area contributed by atoms with Gasteiger partial charge in [0.25, 0.3) is 0 Å². The summed E-state index contributed by atoms with van der Waals surface area (Å²) in [5.41, 5.74) is 7.68. The molecule has 0 radical (unpaired) electrons. The molecule has 5 heteroatoms. The fraction of sp³-hybridized carbons (Fsp3) is 0.357. The number of methoxy groups -OCH3 is 2. The van der Waals surface area contributed by atoms with Gasteiger partial charge in [-0.2, -0.15) is 0 Å². The molecule has 0 saturated heterocycles. The molecule has 0 saturated carbocycles. The Hall–Kier alpha value is -2.17. The van der Waals surface area contributed by atoms with Gasteiger partial charge < -0.3 is 19.7 Å². The molecule has 1 heterocycles. The second kappa shape index (κ2) is 5.65. The van der Waals surface area contributed by atoms with Crippen LogP contribution in [0.3, 0.4) is 0 Å². The minimum atomic E-state index is 0.457. The Morgan fingerprint density at radius 3 is 2.21 bits per heavy atom. The van der Waals surface area contributed by atoms with Gasteiger partial charge in [-0.05, 0) is 31.0 Å². The summed E-state index contributed by atoms with van der Waals surface area (Å²) in [5, 5.41) is 3.75. The first-order chi connectivity index (χ1) is 9.13. The van der Waals surface area contributed by atoms with E-state index in [4.69, 9.17) is 19.7 Å². The number of hydrogen-bond acceptors (Lipinski definition) is 5. The van der Waals surface area contributed by atoms with E-state index in [1.54, 1.807) is 14.2 Å². The van der Waals surface area contributed by atoms with E-state index in [1.165, 1.54) is 0 Å². The third-order valence-electron chi connectivity index (χ3n) is 3.11. The van der Waals surface area contributed by atoms with Gasteiger partial charge in [0, 0.05) is 18.1 Å². The van der Waals surface area contributed by atoms with E-state index in [9.17, 15) is 0 Å². The number of rotatable bonds is 5. The fourth-order valence-corrected chi connectivity index (χ4v) is 1.89. The van der Waals surface area contributed by atoms with Gasteiger partial charge in [-0.15, -0.1) is 0 Å². The summed E-state index contributed by atoms with van der Waals surface area (Å²) in [6.07, 6.45) is 1.55. The normalized spacial score (nSPS) is 10.5. The Bertz CT molecular complexity index is 542.